The van der Waals surface area contributed by atoms with Crippen LogP contribution in [0.5, 0.6) is 0 Å². The largest absolute Gasteiger partial charge is 0.465 e. The Morgan fingerprint density at radius 1 is 1.16 bits per heavy atom. The van der Waals surface area contributed by atoms with Crippen LogP contribution in [0.25, 0.3) is 0 Å². The van der Waals surface area contributed by atoms with Gasteiger partial charge in [-0.05, 0) is 45.0 Å². The predicted molar refractivity (Wildman–Crippen MR) is 72.1 cm³/mol. The first kappa shape index (κ1) is 15.0. The van der Waals surface area contributed by atoms with E-state index >= 15 is 0 Å². The molecule has 0 saturated carbocycles. The van der Waals surface area contributed by atoms with Gasteiger partial charge >= 0.3 is 11.9 Å². The van der Waals surface area contributed by atoms with Crippen LogP contribution >= 0.6 is 0 Å². The van der Waals surface area contributed by atoms with Gasteiger partial charge in [0.1, 0.15) is 12.1 Å². The highest BCUT2D eigenvalue weighted by molar-refractivity contribution is 5.89. The summed E-state index contributed by atoms with van der Waals surface area (Å²) < 4.78 is 9.76. The monoisotopic (exact) mass is 265 g/mol. The lowest BCUT2D eigenvalue weighted by molar-refractivity contribution is -0.152. The van der Waals surface area contributed by atoms with Crippen molar-refractivity contribution < 1.29 is 19.1 Å². The average molecular weight is 265 g/mol. The van der Waals surface area contributed by atoms with Gasteiger partial charge in [0.05, 0.1) is 12.7 Å². The maximum Gasteiger partial charge on any atom is 0.337 e. The maximum absolute atomic E-state index is 11.5. The second kappa shape index (κ2) is 6.22. The minimum absolute atomic E-state index is 0.0782. The lowest BCUT2D eigenvalue weighted by Crippen LogP contribution is -2.28. The van der Waals surface area contributed by atoms with Crippen molar-refractivity contribution in [1.82, 2.24) is 0 Å². The molecule has 0 aliphatic carbocycles. The molecule has 0 amide bonds. The average Bonchev–Trinajstić information content (AvgIpc) is 2.34. The van der Waals surface area contributed by atoms with Gasteiger partial charge in [0.2, 0.25) is 0 Å². The Morgan fingerprint density at radius 2 is 1.74 bits per heavy atom. The summed E-state index contributed by atoms with van der Waals surface area (Å²) in [5, 5.41) is 2.92. The molecular weight excluding hydrogens is 246 g/mol. The molecule has 0 bridgehead atoms. The minimum Gasteiger partial charge on any atom is -0.465 e. The van der Waals surface area contributed by atoms with Crippen LogP contribution in [0.15, 0.2) is 24.3 Å². The Morgan fingerprint density at radius 3 is 2.21 bits per heavy atom. The van der Waals surface area contributed by atoms with Crippen molar-refractivity contribution in [3.05, 3.63) is 29.8 Å². The molecule has 5 heteroatoms. The molecule has 19 heavy (non-hydrogen) atoms. The van der Waals surface area contributed by atoms with Crippen LogP contribution in [0.1, 0.15) is 31.1 Å². The maximum atomic E-state index is 11.5. The van der Waals surface area contributed by atoms with Gasteiger partial charge < -0.3 is 14.8 Å². The highest BCUT2D eigenvalue weighted by Gasteiger charge is 2.15. The summed E-state index contributed by atoms with van der Waals surface area (Å²) in [6, 6.07) is 6.67. The van der Waals surface area contributed by atoms with Crippen molar-refractivity contribution in [2.24, 2.45) is 0 Å². The summed E-state index contributed by atoms with van der Waals surface area (Å²) in [5.41, 5.74) is 0.705. The highest BCUT2D eigenvalue weighted by Crippen LogP contribution is 2.11. The second-order valence-electron chi connectivity index (χ2n) is 5.01. The first-order valence-electron chi connectivity index (χ1n) is 5.96. The number of carbonyl (C=O) groups is 2. The molecule has 0 saturated heterocycles. The molecule has 0 atom stereocenters. The molecule has 1 aromatic carbocycles. The summed E-state index contributed by atoms with van der Waals surface area (Å²) in [5.74, 6) is -0.719. The Balaban J connectivity index is 2.50. The molecule has 0 heterocycles. The zero-order valence-electron chi connectivity index (χ0n) is 11.6. The van der Waals surface area contributed by atoms with Crippen LogP contribution in [-0.2, 0) is 14.3 Å². The Labute approximate surface area is 112 Å². The van der Waals surface area contributed by atoms with Gasteiger partial charge in [-0.3, -0.25) is 4.79 Å². The van der Waals surface area contributed by atoms with Crippen LogP contribution < -0.4 is 5.32 Å². The smallest absolute Gasteiger partial charge is 0.337 e. The van der Waals surface area contributed by atoms with E-state index in [4.69, 9.17) is 4.74 Å². The molecule has 0 aromatic heterocycles. The van der Waals surface area contributed by atoms with Gasteiger partial charge in [-0.1, -0.05) is 0 Å². The standard InChI is InChI=1S/C14H19NO4/c1-14(2,3)19-12(16)9-15-11-7-5-10(6-8-11)13(17)18-4/h5-8,15H,9H2,1-4H3. The number of carbonyl (C=O) groups excluding carboxylic acids is 2. The number of anilines is 1. The van der Waals surface area contributed by atoms with Crippen molar-refractivity contribution in [3.63, 3.8) is 0 Å². The molecule has 5 nitrogen and oxygen atoms in total. The van der Waals surface area contributed by atoms with Gasteiger partial charge in [0, 0.05) is 5.69 Å². The molecule has 0 fully saturated rings. The summed E-state index contributed by atoms with van der Waals surface area (Å²) in [4.78, 5) is 22.7. The normalized spacial score (nSPS) is 10.7. The fourth-order valence-electron chi connectivity index (χ4n) is 1.39. The summed E-state index contributed by atoms with van der Waals surface area (Å²) in [6.45, 7) is 5.52. The molecule has 0 aliphatic heterocycles. The van der Waals surface area contributed by atoms with Crippen molar-refractivity contribution in [3.8, 4) is 0 Å². The van der Waals surface area contributed by atoms with Crippen molar-refractivity contribution >= 4 is 17.6 Å². The third-order valence-corrected chi connectivity index (χ3v) is 2.16. The number of hydrogen-bond acceptors (Lipinski definition) is 5. The van der Waals surface area contributed by atoms with E-state index in [1.165, 1.54) is 7.11 Å². The number of rotatable bonds is 4. The lowest BCUT2D eigenvalue weighted by Gasteiger charge is -2.19. The molecular formula is C14H19NO4. The van der Waals surface area contributed by atoms with E-state index in [0.29, 0.717) is 5.56 Å². The van der Waals surface area contributed by atoms with E-state index in [9.17, 15) is 9.59 Å². The number of benzene rings is 1. The fourth-order valence-corrected chi connectivity index (χ4v) is 1.39. The van der Waals surface area contributed by atoms with Crippen LogP contribution in [0.4, 0.5) is 5.69 Å². The van der Waals surface area contributed by atoms with Crippen LogP contribution in [0, 0.1) is 0 Å². The topological polar surface area (TPSA) is 64.6 Å². The van der Waals surface area contributed by atoms with E-state index in [-0.39, 0.29) is 12.5 Å². The SMILES string of the molecule is COC(=O)c1ccc(NCC(=O)OC(C)(C)C)cc1. The molecule has 0 aliphatic rings. The first-order chi connectivity index (χ1) is 8.81. The highest BCUT2D eigenvalue weighted by atomic mass is 16.6. The van der Waals surface area contributed by atoms with E-state index < -0.39 is 11.6 Å². The molecule has 1 rings (SSSR count). The Kier molecular flexibility index (Phi) is 4.92. The molecule has 0 radical (unpaired) electrons. The number of hydrogen-bond donors (Lipinski definition) is 1. The summed E-state index contributed by atoms with van der Waals surface area (Å²) in [6.07, 6.45) is 0. The van der Waals surface area contributed by atoms with Gasteiger partial charge in [-0.2, -0.15) is 0 Å². The second-order valence-corrected chi connectivity index (χ2v) is 5.01. The van der Waals surface area contributed by atoms with Crippen molar-refractivity contribution in [2.75, 3.05) is 19.0 Å². The summed E-state index contributed by atoms with van der Waals surface area (Å²) in [7, 11) is 1.33. The number of ether oxygens (including phenoxy) is 2. The Hall–Kier alpha value is -2.04. The van der Waals surface area contributed by atoms with E-state index in [1.807, 2.05) is 20.8 Å². The molecule has 1 aromatic rings. The molecule has 0 spiro atoms. The van der Waals surface area contributed by atoms with Gasteiger partial charge in [-0.15, -0.1) is 0 Å². The van der Waals surface area contributed by atoms with Crippen molar-refractivity contribution in [1.29, 1.82) is 0 Å². The molecule has 104 valence electrons. The number of esters is 2. The van der Waals surface area contributed by atoms with Gasteiger partial charge in [0.15, 0.2) is 0 Å². The minimum atomic E-state index is -0.493. The van der Waals surface area contributed by atoms with Crippen molar-refractivity contribution in [2.45, 2.75) is 26.4 Å². The fraction of sp³-hybridized carbons (Fsp3) is 0.429. The van der Waals surface area contributed by atoms with Crippen LogP contribution in [0.2, 0.25) is 0 Å². The number of nitrogens with one attached hydrogen (secondary N) is 1. The zero-order valence-corrected chi connectivity index (χ0v) is 11.6. The molecule has 0 unspecified atom stereocenters. The zero-order chi connectivity index (χ0) is 14.5. The molecule has 1 N–H and O–H groups in total. The van der Waals surface area contributed by atoms with E-state index in [1.54, 1.807) is 24.3 Å². The van der Waals surface area contributed by atoms with Gasteiger partial charge in [-0.25, -0.2) is 4.79 Å². The van der Waals surface area contributed by atoms with Crippen LogP contribution in [0.3, 0.4) is 0 Å². The summed E-state index contributed by atoms with van der Waals surface area (Å²) >= 11 is 0. The van der Waals surface area contributed by atoms with Gasteiger partial charge in [0.25, 0.3) is 0 Å². The third kappa shape index (κ3) is 5.42. The predicted octanol–water partition coefficient (Wildman–Crippen LogP) is 2.23. The first-order valence-corrected chi connectivity index (χ1v) is 5.96. The number of methoxy groups -OCH3 is 1. The quantitative estimate of drug-likeness (QED) is 0.846. The third-order valence-electron chi connectivity index (χ3n) is 2.16. The lowest BCUT2D eigenvalue weighted by atomic mass is 10.2. The van der Waals surface area contributed by atoms with E-state index in [2.05, 4.69) is 10.1 Å². The van der Waals surface area contributed by atoms with E-state index in [0.717, 1.165) is 5.69 Å². The Bertz CT molecular complexity index is 446. The van der Waals surface area contributed by atoms with Crippen LogP contribution in [-0.4, -0.2) is 31.2 Å².